The molecule has 6 rings (SSSR count). The molecule has 0 bridgehead atoms. The molecule has 4 saturated carbocycles. The van der Waals surface area contributed by atoms with Crippen LogP contribution in [0.1, 0.15) is 72.6 Å². The van der Waals surface area contributed by atoms with Crippen molar-refractivity contribution in [2.24, 2.45) is 40.4 Å². The first kappa shape index (κ1) is 27.8. The zero-order chi connectivity index (χ0) is 28.3. The van der Waals surface area contributed by atoms with E-state index in [0.29, 0.717) is 30.3 Å². The van der Waals surface area contributed by atoms with Crippen LogP contribution in [0.3, 0.4) is 0 Å². The van der Waals surface area contributed by atoms with E-state index < -0.39 is 39.6 Å². The Kier molecular flexibility index (Phi) is 6.28. The van der Waals surface area contributed by atoms with E-state index in [2.05, 4.69) is 13.8 Å². The van der Waals surface area contributed by atoms with Crippen molar-refractivity contribution in [1.82, 2.24) is 0 Å². The number of cyclic esters (lactones) is 1. The number of hydrogen-bond donors (Lipinski definition) is 3. The number of carbonyl (C=O) groups excluding carboxylic acids is 2. The number of Topliss-reactive ketones (excluding diaryl/α,β-unsaturated/α-hetero) is 1. The zero-order valence-corrected chi connectivity index (χ0v) is 23.8. The van der Waals surface area contributed by atoms with Crippen LogP contribution in [-0.4, -0.2) is 71.6 Å². The first-order valence-corrected chi connectivity index (χ1v) is 15.6. The molecule has 0 aromatic carbocycles. The molecule has 39 heavy (non-hydrogen) atoms. The molecular weight excluding hydrogens is 528 g/mol. The van der Waals surface area contributed by atoms with Crippen LogP contribution in [0.5, 0.6) is 0 Å². The summed E-state index contributed by atoms with van der Waals surface area (Å²) >= 11 is 0. The zero-order valence-electron chi connectivity index (χ0n) is 23.0. The molecule has 2 heterocycles. The van der Waals surface area contributed by atoms with Crippen molar-refractivity contribution < 1.29 is 46.4 Å². The van der Waals surface area contributed by atoms with Gasteiger partial charge in [0.15, 0.2) is 0 Å². The Labute approximate surface area is 229 Å². The predicted octanol–water partition coefficient (Wildman–Crippen LogP) is 2.37. The van der Waals surface area contributed by atoms with Crippen molar-refractivity contribution in [3.8, 4) is 0 Å². The van der Waals surface area contributed by atoms with Gasteiger partial charge in [0.05, 0.1) is 23.7 Å². The van der Waals surface area contributed by atoms with Crippen molar-refractivity contribution in [1.29, 1.82) is 0 Å². The number of fused-ring (bicyclic) bond motifs is 4. The summed E-state index contributed by atoms with van der Waals surface area (Å²) in [7, 11) is -4.84. The van der Waals surface area contributed by atoms with Gasteiger partial charge in [-0.1, -0.05) is 19.4 Å². The van der Waals surface area contributed by atoms with E-state index in [-0.39, 0.29) is 54.2 Å². The molecule has 0 radical (unpaired) electrons. The Morgan fingerprint density at radius 1 is 1.13 bits per heavy atom. The smallest absolute Gasteiger partial charge is 0.397 e. The number of aliphatic hydroxyl groups excluding tert-OH is 2. The third kappa shape index (κ3) is 3.72. The van der Waals surface area contributed by atoms with Gasteiger partial charge < -0.3 is 19.7 Å². The minimum Gasteiger partial charge on any atom is -0.458 e. The number of esters is 1. The number of carbonyl (C=O) groups is 2. The molecule has 10 nitrogen and oxygen atoms in total. The lowest BCUT2D eigenvalue weighted by atomic mass is 9.43. The van der Waals surface area contributed by atoms with Gasteiger partial charge in [0.1, 0.15) is 29.7 Å². The fourth-order valence-corrected chi connectivity index (χ4v) is 10.8. The van der Waals surface area contributed by atoms with E-state index in [1.165, 1.54) is 0 Å². The minimum absolute atomic E-state index is 0.0000588. The molecule has 4 aliphatic carbocycles. The van der Waals surface area contributed by atoms with Crippen LogP contribution in [0.15, 0.2) is 11.1 Å². The van der Waals surface area contributed by atoms with E-state index in [9.17, 15) is 32.8 Å². The Morgan fingerprint density at radius 2 is 1.85 bits per heavy atom. The standard InChI is InChI=1S/C28H40O10S/c1-13-9-20(36-25(32)16(13)12-29)14(2)17-5-6-18-15-10-23-28(37-23)24(31)21(38-39(33,34)35)11-22(30)27(28,4)19(15)7-8-26(17,18)3/h14-15,17-21,23-24,29,31H,5-12H2,1-4H3,(H,33,34,35)/t14-,15-,17+,18-,19-,20?,21-,23+,24-,26+,27-,28-/m0/s1. The van der Waals surface area contributed by atoms with Crippen molar-refractivity contribution >= 4 is 22.2 Å². The third-order valence-electron chi connectivity index (χ3n) is 12.2. The van der Waals surface area contributed by atoms with Crippen LogP contribution in [0.25, 0.3) is 0 Å². The summed E-state index contributed by atoms with van der Waals surface area (Å²) in [5.74, 6) is 0.437. The average Bonchev–Trinajstić information content (AvgIpc) is 3.48. The summed E-state index contributed by atoms with van der Waals surface area (Å²) < 4.78 is 48.7. The number of ketones is 1. The van der Waals surface area contributed by atoms with Gasteiger partial charge >= 0.3 is 16.4 Å². The minimum atomic E-state index is -4.84. The van der Waals surface area contributed by atoms with Crippen LogP contribution in [-0.2, 0) is 33.6 Å². The molecule has 2 aliphatic heterocycles. The molecular formula is C28H40O10S. The van der Waals surface area contributed by atoms with Gasteiger partial charge in [-0.25, -0.2) is 8.98 Å². The number of aliphatic hydroxyl groups is 2. The maximum atomic E-state index is 13.7. The first-order chi connectivity index (χ1) is 18.2. The maximum absolute atomic E-state index is 13.7. The third-order valence-corrected chi connectivity index (χ3v) is 12.7. The quantitative estimate of drug-likeness (QED) is 0.255. The molecule has 218 valence electrons. The fraction of sp³-hybridized carbons (Fsp3) is 0.857. The summed E-state index contributed by atoms with van der Waals surface area (Å²) in [5, 5.41) is 20.8. The fourth-order valence-electron chi connectivity index (χ4n) is 10.3. The Bertz CT molecular complexity index is 1230. The van der Waals surface area contributed by atoms with Gasteiger partial charge in [-0.3, -0.25) is 9.35 Å². The normalized spacial score (nSPS) is 49.9. The Hall–Kier alpha value is -1.37. The van der Waals surface area contributed by atoms with E-state index in [1.807, 2.05) is 13.8 Å². The van der Waals surface area contributed by atoms with E-state index >= 15 is 0 Å². The van der Waals surface area contributed by atoms with Gasteiger partial charge in [0.2, 0.25) is 0 Å². The SMILES string of the molecule is CC1=C(CO)C(=O)OC([C@@H](C)[C@H]2CC[C@H]3[C@@H]4C[C@H]5O[C@]56[C@@H](O)[C@@H](OS(=O)(=O)O)CC(=O)[C@]6(C)[C@H]4CC[C@]23C)C1. The molecule has 0 aromatic rings. The predicted molar refractivity (Wildman–Crippen MR) is 136 cm³/mol. The highest BCUT2D eigenvalue weighted by Crippen LogP contribution is 2.73. The number of hydrogen-bond acceptors (Lipinski definition) is 9. The number of ether oxygens (including phenoxy) is 2. The number of epoxide rings is 1. The molecule has 0 amide bonds. The van der Waals surface area contributed by atoms with Gasteiger partial charge in [0.25, 0.3) is 0 Å². The highest BCUT2D eigenvalue weighted by molar-refractivity contribution is 7.80. The average molecular weight is 569 g/mol. The van der Waals surface area contributed by atoms with Gasteiger partial charge in [-0.05, 0) is 81.0 Å². The summed E-state index contributed by atoms with van der Waals surface area (Å²) in [6, 6.07) is 0. The first-order valence-electron chi connectivity index (χ1n) is 14.2. The van der Waals surface area contributed by atoms with Crippen LogP contribution >= 0.6 is 0 Å². The van der Waals surface area contributed by atoms with Crippen molar-refractivity contribution in [2.75, 3.05) is 6.61 Å². The summed E-state index contributed by atoms with van der Waals surface area (Å²) in [6.07, 6.45) is 1.40. The van der Waals surface area contributed by atoms with E-state index in [4.69, 9.17) is 13.7 Å². The molecule has 6 aliphatic rings. The lowest BCUT2D eigenvalue weighted by Gasteiger charge is -2.59. The van der Waals surface area contributed by atoms with Gasteiger partial charge in [0, 0.05) is 12.8 Å². The molecule has 5 fully saturated rings. The highest BCUT2D eigenvalue weighted by Gasteiger charge is 2.82. The van der Waals surface area contributed by atoms with Crippen LogP contribution in [0, 0.1) is 40.4 Å². The van der Waals surface area contributed by atoms with Gasteiger partial charge in [-0.15, -0.1) is 0 Å². The number of rotatable bonds is 5. The second-order valence-corrected chi connectivity index (χ2v) is 14.5. The lowest BCUT2D eigenvalue weighted by Crippen LogP contribution is -2.68. The molecule has 1 spiro atoms. The topological polar surface area (TPSA) is 160 Å². The largest absolute Gasteiger partial charge is 0.458 e. The molecule has 11 heteroatoms. The van der Waals surface area contributed by atoms with Gasteiger partial charge in [-0.2, -0.15) is 8.42 Å². The summed E-state index contributed by atoms with van der Waals surface area (Å²) in [6.45, 7) is 7.98. The molecule has 12 atom stereocenters. The molecule has 1 saturated heterocycles. The van der Waals surface area contributed by atoms with E-state index in [1.54, 1.807) is 0 Å². The monoisotopic (exact) mass is 568 g/mol. The van der Waals surface area contributed by atoms with Crippen molar-refractivity contribution in [3.05, 3.63) is 11.1 Å². The van der Waals surface area contributed by atoms with Crippen LogP contribution < -0.4 is 0 Å². The van der Waals surface area contributed by atoms with Crippen molar-refractivity contribution in [2.45, 2.75) is 103 Å². The second kappa shape index (κ2) is 8.82. The Morgan fingerprint density at radius 3 is 2.49 bits per heavy atom. The maximum Gasteiger partial charge on any atom is 0.397 e. The molecule has 0 aromatic heterocycles. The highest BCUT2D eigenvalue weighted by atomic mass is 32.3. The van der Waals surface area contributed by atoms with Crippen LogP contribution in [0.2, 0.25) is 0 Å². The van der Waals surface area contributed by atoms with E-state index in [0.717, 1.165) is 31.3 Å². The van der Waals surface area contributed by atoms with Crippen LogP contribution in [0.4, 0.5) is 0 Å². The molecule has 1 unspecified atom stereocenters. The summed E-state index contributed by atoms with van der Waals surface area (Å²) in [5.41, 5.74) is -0.905. The Balaban J connectivity index is 1.25. The summed E-state index contributed by atoms with van der Waals surface area (Å²) in [4.78, 5) is 26.2. The molecule has 3 N–H and O–H groups in total. The second-order valence-electron chi connectivity index (χ2n) is 13.5. The lowest BCUT2D eigenvalue weighted by molar-refractivity contribution is -0.178. The van der Waals surface area contributed by atoms with Crippen molar-refractivity contribution in [3.63, 3.8) is 0 Å².